The summed E-state index contributed by atoms with van der Waals surface area (Å²) in [7, 11) is -4.00. The van der Waals surface area contributed by atoms with Crippen molar-refractivity contribution in [3.8, 4) is 0 Å². The van der Waals surface area contributed by atoms with Gasteiger partial charge in [-0.2, -0.15) is 8.42 Å². The van der Waals surface area contributed by atoms with E-state index in [0.29, 0.717) is 0 Å². The van der Waals surface area contributed by atoms with E-state index in [9.17, 15) is 8.42 Å². The van der Waals surface area contributed by atoms with Crippen molar-refractivity contribution in [1.29, 1.82) is 0 Å². The van der Waals surface area contributed by atoms with Crippen molar-refractivity contribution >= 4 is 10.1 Å². The highest BCUT2D eigenvalue weighted by Gasteiger charge is 2.05. The second-order valence-corrected chi connectivity index (χ2v) is 3.21. The molecule has 0 aromatic heterocycles. The van der Waals surface area contributed by atoms with Crippen LogP contribution in [0.1, 0.15) is 0 Å². The number of hydrogen-bond acceptors (Lipinski definition) is 2. The second-order valence-electron chi connectivity index (χ2n) is 1.79. The molecule has 0 amide bonds. The first kappa shape index (κ1) is 77.3. The van der Waals surface area contributed by atoms with Crippen molar-refractivity contribution in [2.75, 3.05) is 0 Å². The van der Waals surface area contributed by atoms with Crippen molar-refractivity contribution < 1.29 is 67.7 Å². The van der Waals surface area contributed by atoms with E-state index in [2.05, 4.69) is 0 Å². The van der Waals surface area contributed by atoms with Crippen molar-refractivity contribution in [2.24, 2.45) is 0 Å². The predicted molar refractivity (Wildman–Crippen MR) is 72.4 cm³/mol. The van der Waals surface area contributed by atoms with E-state index in [1.807, 2.05) is 0 Å². The van der Waals surface area contributed by atoms with Crippen LogP contribution in [0, 0.1) is 0 Å². The van der Waals surface area contributed by atoms with E-state index in [1.165, 1.54) is 12.1 Å². The maximum atomic E-state index is 10.4. The molecule has 134 valence electrons. The summed E-state index contributed by atoms with van der Waals surface area (Å²) in [5.74, 6) is 0. The van der Waals surface area contributed by atoms with Gasteiger partial charge in [-0.15, -0.1) is 0 Å². The quantitative estimate of drug-likeness (QED) is 0.487. The fraction of sp³-hybridized carbons (Fsp3) is 0. The molecule has 21 N–H and O–H groups in total. The molecule has 0 saturated carbocycles. The normalized spacial score (nSPS) is 5.65. The van der Waals surface area contributed by atoms with Gasteiger partial charge in [0.05, 0.1) is 4.90 Å². The summed E-state index contributed by atoms with van der Waals surface area (Å²) in [6.07, 6.45) is 0. The van der Waals surface area contributed by atoms with Crippen molar-refractivity contribution in [3.05, 3.63) is 30.3 Å². The third-order valence-corrected chi connectivity index (χ3v) is 1.91. The monoisotopic (exact) mass is 338 g/mol. The lowest BCUT2D eigenvalue weighted by molar-refractivity contribution is 0.483. The minimum Gasteiger partial charge on any atom is -0.412 e. The lowest BCUT2D eigenvalue weighted by Crippen LogP contribution is -1.96. The van der Waals surface area contributed by atoms with Gasteiger partial charge in [-0.05, 0) is 12.1 Å². The molecule has 0 atom stereocenters. The van der Waals surface area contributed by atoms with Crippen molar-refractivity contribution in [1.82, 2.24) is 0 Å². The maximum absolute atomic E-state index is 10.4. The minimum absolute atomic E-state index is 0. The minimum atomic E-state index is -4.00. The zero-order valence-corrected chi connectivity index (χ0v) is 10.9. The highest BCUT2D eigenvalue weighted by molar-refractivity contribution is 7.85. The van der Waals surface area contributed by atoms with Crippen LogP contribution in [-0.2, 0) is 10.1 Å². The molecule has 0 saturated heterocycles. The van der Waals surface area contributed by atoms with E-state index in [0.717, 1.165) is 0 Å². The number of rotatable bonds is 1. The van der Waals surface area contributed by atoms with Gasteiger partial charge in [0.2, 0.25) is 0 Å². The molecule has 1 rings (SSSR count). The Morgan fingerprint density at radius 3 is 1.00 bits per heavy atom. The first-order chi connectivity index (χ1) is 4.61. The fourth-order valence-corrected chi connectivity index (χ4v) is 1.09. The maximum Gasteiger partial charge on any atom is 0.294 e. The van der Waals surface area contributed by atoms with Gasteiger partial charge in [-0.1, -0.05) is 18.2 Å². The Balaban J connectivity index is -0.0000000125. The Kier molecular flexibility index (Phi) is 118. The molecule has 0 spiro atoms. The Morgan fingerprint density at radius 1 is 0.600 bits per heavy atom. The first-order valence-electron chi connectivity index (χ1n) is 2.63. The molecule has 13 nitrogen and oxygen atoms in total. The van der Waals surface area contributed by atoms with Crippen molar-refractivity contribution in [2.45, 2.75) is 4.90 Å². The van der Waals surface area contributed by atoms with Gasteiger partial charge in [0.1, 0.15) is 0 Å². The average Bonchev–Trinajstić information content (AvgIpc) is 1.88. The van der Waals surface area contributed by atoms with Crippen LogP contribution in [0.5, 0.6) is 0 Å². The molecule has 20 heavy (non-hydrogen) atoms. The van der Waals surface area contributed by atoms with E-state index >= 15 is 0 Å². The van der Waals surface area contributed by atoms with Crippen LogP contribution < -0.4 is 0 Å². The van der Waals surface area contributed by atoms with E-state index < -0.39 is 10.1 Å². The van der Waals surface area contributed by atoms with E-state index in [1.54, 1.807) is 18.2 Å². The summed E-state index contributed by atoms with van der Waals surface area (Å²) in [5, 5.41) is 0. The van der Waals surface area contributed by atoms with Crippen LogP contribution in [0.15, 0.2) is 35.2 Å². The highest BCUT2D eigenvalue weighted by Crippen LogP contribution is 2.05. The molecule has 0 aliphatic rings. The van der Waals surface area contributed by atoms with Crippen LogP contribution in [0.3, 0.4) is 0 Å². The molecule has 0 aliphatic heterocycles. The van der Waals surface area contributed by atoms with E-state index in [4.69, 9.17) is 4.55 Å². The molecule has 0 radical (unpaired) electrons. The molecule has 0 unspecified atom stereocenters. The highest BCUT2D eigenvalue weighted by atomic mass is 32.2. The summed E-state index contributed by atoms with van der Waals surface area (Å²) in [6, 6.07) is 7.42. The van der Waals surface area contributed by atoms with Crippen LogP contribution in [0.2, 0.25) is 0 Å². The molecule has 14 heteroatoms. The summed E-state index contributed by atoms with van der Waals surface area (Å²) >= 11 is 0. The number of benzene rings is 1. The van der Waals surface area contributed by atoms with Crippen LogP contribution in [0.25, 0.3) is 0 Å². The van der Waals surface area contributed by atoms with E-state index in [-0.39, 0.29) is 59.7 Å². The van der Waals surface area contributed by atoms with Gasteiger partial charge in [-0.3, -0.25) is 4.55 Å². The fourth-order valence-electron chi connectivity index (χ4n) is 0.592. The largest absolute Gasteiger partial charge is 0.412 e. The molecular weight excluding hydrogens is 312 g/mol. The van der Waals surface area contributed by atoms with Gasteiger partial charge >= 0.3 is 0 Å². The Bertz CT molecular complexity index is 311. The first-order valence-corrected chi connectivity index (χ1v) is 4.07. The molecule has 0 fully saturated rings. The summed E-state index contributed by atoms with van der Waals surface area (Å²) in [5.41, 5.74) is 0. The topological polar surface area (TPSA) is 369 Å². The molecule has 0 bridgehead atoms. The molecule has 0 heterocycles. The second kappa shape index (κ2) is 30.6. The standard InChI is InChI=1S/C6H6O3S.10H2O/c7-10(8,9)6-4-2-1-3-5-6;;;;;;;;;;/h1-5H,(H,7,8,9);10*1H2. The molecular formula is C6H26O13S. The zero-order chi connectivity index (χ0) is 7.61. The van der Waals surface area contributed by atoms with Gasteiger partial charge in [0.15, 0.2) is 0 Å². The van der Waals surface area contributed by atoms with Gasteiger partial charge in [0.25, 0.3) is 10.1 Å². The molecule has 1 aromatic carbocycles. The van der Waals surface area contributed by atoms with Crippen LogP contribution >= 0.6 is 0 Å². The smallest absolute Gasteiger partial charge is 0.294 e. The summed E-state index contributed by atoms with van der Waals surface area (Å²) in [4.78, 5) is -0.0741. The SMILES string of the molecule is O.O.O.O.O.O.O.O.O.O.O=S(=O)(O)c1ccccc1. The van der Waals surface area contributed by atoms with Gasteiger partial charge in [0, 0.05) is 0 Å². The summed E-state index contributed by atoms with van der Waals surface area (Å²) < 4.78 is 29.2. The predicted octanol–water partition coefficient (Wildman–Crippen LogP) is -7.31. The molecule has 1 aromatic rings. The van der Waals surface area contributed by atoms with Crippen LogP contribution in [-0.4, -0.2) is 67.7 Å². The van der Waals surface area contributed by atoms with Gasteiger partial charge < -0.3 is 54.8 Å². The third-order valence-electron chi connectivity index (χ3n) is 1.04. The molecule has 0 aliphatic carbocycles. The van der Waals surface area contributed by atoms with Crippen molar-refractivity contribution in [3.63, 3.8) is 0 Å². The van der Waals surface area contributed by atoms with Crippen LogP contribution in [0.4, 0.5) is 0 Å². The number of hydrogen-bond donors (Lipinski definition) is 1. The third kappa shape index (κ3) is 25.5. The zero-order valence-electron chi connectivity index (χ0n) is 10.1. The Hall–Kier alpha value is -1.27. The average molecular weight is 338 g/mol. The lowest BCUT2D eigenvalue weighted by Gasteiger charge is -1.92. The Labute approximate surface area is 114 Å². The Morgan fingerprint density at radius 2 is 0.850 bits per heavy atom. The summed E-state index contributed by atoms with van der Waals surface area (Å²) in [6.45, 7) is 0. The lowest BCUT2D eigenvalue weighted by atomic mass is 10.4. The van der Waals surface area contributed by atoms with Gasteiger partial charge in [-0.25, -0.2) is 0 Å².